The minimum absolute atomic E-state index is 0.381. The summed E-state index contributed by atoms with van der Waals surface area (Å²) < 4.78 is 10.3. The zero-order valence-electron chi connectivity index (χ0n) is 11.8. The molecule has 0 saturated heterocycles. The molecule has 0 saturated carbocycles. The van der Waals surface area contributed by atoms with Gasteiger partial charge in [-0.1, -0.05) is 17.7 Å². The average molecular weight is 306 g/mol. The number of esters is 1. The van der Waals surface area contributed by atoms with Crippen LogP contribution in [0.25, 0.3) is 0 Å². The van der Waals surface area contributed by atoms with Gasteiger partial charge >= 0.3 is 5.97 Å². The first-order valence-electron chi connectivity index (χ1n) is 6.46. The number of carbonyl (C=O) groups excluding carboxylic acids is 1. The lowest BCUT2D eigenvalue weighted by Gasteiger charge is -2.14. The third-order valence-electron chi connectivity index (χ3n) is 2.84. The second kappa shape index (κ2) is 6.99. The molecule has 0 spiro atoms. The van der Waals surface area contributed by atoms with Crippen molar-refractivity contribution in [3.05, 3.63) is 53.6 Å². The van der Waals surface area contributed by atoms with Crippen LogP contribution < -0.4 is 14.8 Å². The van der Waals surface area contributed by atoms with Crippen LogP contribution in [-0.4, -0.2) is 19.1 Å². The van der Waals surface area contributed by atoms with Crippen LogP contribution in [0.1, 0.15) is 6.92 Å². The maximum atomic E-state index is 12.0. The Hall–Kier alpha value is -2.20. The van der Waals surface area contributed by atoms with Crippen molar-refractivity contribution in [2.24, 2.45) is 0 Å². The highest BCUT2D eigenvalue weighted by Crippen LogP contribution is 2.19. The van der Waals surface area contributed by atoms with Crippen LogP contribution in [0.3, 0.4) is 0 Å². The number of hydrogen-bond acceptors (Lipinski definition) is 4. The zero-order chi connectivity index (χ0) is 15.2. The van der Waals surface area contributed by atoms with Gasteiger partial charge in [0.2, 0.25) is 0 Å². The van der Waals surface area contributed by atoms with Crippen LogP contribution in [0.2, 0.25) is 5.02 Å². The van der Waals surface area contributed by atoms with Crippen LogP contribution in [0, 0.1) is 0 Å². The van der Waals surface area contributed by atoms with E-state index < -0.39 is 6.04 Å². The Morgan fingerprint density at radius 1 is 1.14 bits per heavy atom. The fourth-order valence-electron chi connectivity index (χ4n) is 1.73. The molecule has 2 aromatic carbocycles. The second-order valence-corrected chi connectivity index (χ2v) is 4.91. The summed E-state index contributed by atoms with van der Waals surface area (Å²) in [5.41, 5.74) is 0.811. The number of halogens is 1. The molecule has 0 aliphatic rings. The molecule has 0 aromatic heterocycles. The van der Waals surface area contributed by atoms with Crippen molar-refractivity contribution in [3.63, 3.8) is 0 Å². The SMILES string of the molecule is COc1ccc(NC(C)C(=O)Oc2cccc(Cl)c2)cc1. The maximum Gasteiger partial charge on any atom is 0.333 e. The molecular formula is C16H16ClNO3. The van der Waals surface area contributed by atoms with E-state index in [1.807, 2.05) is 24.3 Å². The highest BCUT2D eigenvalue weighted by molar-refractivity contribution is 6.30. The first-order chi connectivity index (χ1) is 10.1. The molecule has 0 aliphatic carbocycles. The van der Waals surface area contributed by atoms with E-state index in [4.69, 9.17) is 21.1 Å². The number of nitrogens with one attached hydrogen (secondary N) is 1. The average Bonchev–Trinajstić information content (AvgIpc) is 2.48. The Kier molecular flexibility index (Phi) is 5.06. The Morgan fingerprint density at radius 2 is 1.86 bits per heavy atom. The van der Waals surface area contributed by atoms with Crippen LogP contribution >= 0.6 is 11.6 Å². The van der Waals surface area contributed by atoms with E-state index >= 15 is 0 Å². The highest BCUT2D eigenvalue weighted by Gasteiger charge is 2.15. The van der Waals surface area contributed by atoms with Crippen molar-refractivity contribution >= 4 is 23.3 Å². The van der Waals surface area contributed by atoms with Gasteiger partial charge in [0.05, 0.1) is 7.11 Å². The quantitative estimate of drug-likeness (QED) is 0.675. The van der Waals surface area contributed by atoms with Gasteiger partial charge < -0.3 is 14.8 Å². The Morgan fingerprint density at radius 3 is 2.48 bits per heavy atom. The normalized spacial score (nSPS) is 11.6. The van der Waals surface area contributed by atoms with Crippen molar-refractivity contribution < 1.29 is 14.3 Å². The van der Waals surface area contributed by atoms with Gasteiger partial charge in [0.15, 0.2) is 0 Å². The van der Waals surface area contributed by atoms with Gasteiger partial charge in [-0.15, -0.1) is 0 Å². The smallest absolute Gasteiger partial charge is 0.333 e. The molecule has 0 aliphatic heterocycles. The number of hydrogen-bond donors (Lipinski definition) is 1. The number of rotatable bonds is 5. The molecular weight excluding hydrogens is 290 g/mol. The topological polar surface area (TPSA) is 47.6 Å². The fourth-order valence-corrected chi connectivity index (χ4v) is 1.91. The number of anilines is 1. The van der Waals surface area contributed by atoms with Crippen molar-refractivity contribution in [2.45, 2.75) is 13.0 Å². The van der Waals surface area contributed by atoms with Gasteiger partial charge in [-0.25, -0.2) is 4.79 Å². The molecule has 4 nitrogen and oxygen atoms in total. The van der Waals surface area contributed by atoms with E-state index in [0.717, 1.165) is 11.4 Å². The van der Waals surface area contributed by atoms with Crippen molar-refractivity contribution in [1.29, 1.82) is 0 Å². The molecule has 1 unspecified atom stereocenters. The lowest BCUT2D eigenvalue weighted by atomic mass is 10.2. The summed E-state index contributed by atoms with van der Waals surface area (Å²) in [6, 6.07) is 13.5. The summed E-state index contributed by atoms with van der Waals surface area (Å²) in [6.45, 7) is 1.73. The van der Waals surface area contributed by atoms with Gasteiger partial charge in [-0.2, -0.15) is 0 Å². The van der Waals surface area contributed by atoms with E-state index in [9.17, 15) is 4.79 Å². The number of methoxy groups -OCH3 is 1. The van der Waals surface area contributed by atoms with Crippen LogP contribution in [-0.2, 0) is 4.79 Å². The third-order valence-corrected chi connectivity index (χ3v) is 3.08. The van der Waals surface area contributed by atoms with Gasteiger partial charge in [0.1, 0.15) is 17.5 Å². The summed E-state index contributed by atoms with van der Waals surface area (Å²) >= 11 is 5.85. The molecule has 0 heterocycles. The molecule has 0 amide bonds. The van der Waals surface area contributed by atoms with Crippen molar-refractivity contribution in [2.75, 3.05) is 12.4 Å². The predicted octanol–water partition coefficient (Wildman–Crippen LogP) is 3.75. The maximum absolute atomic E-state index is 12.0. The predicted molar refractivity (Wildman–Crippen MR) is 83.2 cm³/mol. The van der Waals surface area contributed by atoms with E-state index in [1.165, 1.54) is 0 Å². The first-order valence-corrected chi connectivity index (χ1v) is 6.84. The number of ether oxygens (including phenoxy) is 2. The first kappa shape index (κ1) is 15.2. The number of benzene rings is 2. The Bertz CT molecular complexity index is 613. The van der Waals surface area contributed by atoms with Crippen LogP contribution in [0.5, 0.6) is 11.5 Å². The highest BCUT2D eigenvalue weighted by atomic mass is 35.5. The van der Waals surface area contributed by atoms with Crippen LogP contribution in [0.15, 0.2) is 48.5 Å². The Balaban J connectivity index is 1.95. The lowest BCUT2D eigenvalue weighted by Crippen LogP contribution is -2.30. The minimum Gasteiger partial charge on any atom is -0.497 e. The van der Waals surface area contributed by atoms with Crippen molar-refractivity contribution in [1.82, 2.24) is 0 Å². The summed E-state index contributed by atoms with van der Waals surface area (Å²) in [4.78, 5) is 12.0. The Labute approximate surface area is 128 Å². The van der Waals surface area contributed by atoms with Crippen LogP contribution in [0.4, 0.5) is 5.69 Å². The van der Waals surface area contributed by atoms with E-state index in [2.05, 4.69) is 5.32 Å². The van der Waals surface area contributed by atoms with E-state index in [1.54, 1.807) is 38.3 Å². The van der Waals surface area contributed by atoms with Crippen molar-refractivity contribution in [3.8, 4) is 11.5 Å². The molecule has 0 fully saturated rings. The summed E-state index contributed by atoms with van der Waals surface area (Å²) in [7, 11) is 1.60. The molecule has 1 N–H and O–H groups in total. The largest absolute Gasteiger partial charge is 0.497 e. The molecule has 110 valence electrons. The monoisotopic (exact) mass is 305 g/mol. The van der Waals surface area contributed by atoms with E-state index in [-0.39, 0.29) is 5.97 Å². The van der Waals surface area contributed by atoms with Gasteiger partial charge in [0, 0.05) is 10.7 Å². The molecule has 2 rings (SSSR count). The molecule has 2 aromatic rings. The zero-order valence-corrected chi connectivity index (χ0v) is 12.6. The van der Waals surface area contributed by atoms with Gasteiger partial charge in [-0.05, 0) is 49.4 Å². The molecule has 1 atom stereocenters. The summed E-state index contributed by atoms with van der Waals surface area (Å²) in [6.07, 6.45) is 0. The fraction of sp³-hybridized carbons (Fsp3) is 0.188. The standard InChI is InChI=1S/C16H16ClNO3/c1-11(18-13-6-8-14(20-2)9-7-13)16(19)21-15-5-3-4-12(17)10-15/h3-11,18H,1-2H3. The second-order valence-electron chi connectivity index (χ2n) is 4.47. The third kappa shape index (κ3) is 4.39. The molecule has 0 radical (unpaired) electrons. The lowest BCUT2D eigenvalue weighted by molar-refractivity contribution is -0.134. The molecule has 0 bridgehead atoms. The van der Waals surface area contributed by atoms with Gasteiger partial charge in [-0.3, -0.25) is 0 Å². The van der Waals surface area contributed by atoms with Gasteiger partial charge in [0.25, 0.3) is 0 Å². The minimum atomic E-state index is -0.489. The molecule has 5 heteroatoms. The number of carbonyl (C=O) groups is 1. The summed E-state index contributed by atoms with van der Waals surface area (Å²) in [5.74, 6) is 0.804. The summed E-state index contributed by atoms with van der Waals surface area (Å²) in [5, 5.41) is 3.59. The molecule has 21 heavy (non-hydrogen) atoms. The van der Waals surface area contributed by atoms with E-state index in [0.29, 0.717) is 10.8 Å².